The van der Waals surface area contributed by atoms with Crippen molar-refractivity contribution >= 4 is 0 Å². The summed E-state index contributed by atoms with van der Waals surface area (Å²) >= 11 is 0. The Kier molecular flexibility index (Phi) is 26.1. The SMILES string of the molecule is N#Cc1ccc(-c2ccc(OCCCCCCOc3ccccc3OCCCCCCOc3ccc(-c4ccc(OCCCCCCOc5ccccc5OCCCCCCOc5ccc(-c6ccc(C#N)cc6)cc5)cc4)cc3)cc2)cc1. The first-order valence-corrected chi connectivity index (χ1v) is 30.2. The number of rotatable bonds is 39. The summed E-state index contributed by atoms with van der Waals surface area (Å²) in [6, 6.07) is 68.4. The monoisotopic (exact) mass is 1120 g/mol. The zero-order chi connectivity index (χ0) is 57.9. The largest absolute Gasteiger partial charge is 0.494 e. The molecule has 0 spiro atoms. The van der Waals surface area contributed by atoms with Crippen LogP contribution in [-0.4, -0.2) is 52.9 Å². The van der Waals surface area contributed by atoms with Crippen molar-refractivity contribution in [1.82, 2.24) is 0 Å². The minimum absolute atomic E-state index is 0.656. The molecule has 0 saturated carbocycles. The summed E-state index contributed by atoms with van der Waals surface area (Å²) in [6.45, 7) is 5.37. The van der Waals surface area contributed by atoms with Gasteiger partial charge in [-0.05, 0) is 233 Å². The lowest BCUT2D eigenvalue weighted by Gasteiger charge is -2.13. The van der Waals surface area contributed by atoms with Crippen molar-refractivity contribution in [3.8, 4) is 91.5 Å². The summed E-state index contributed by atoms with van der Waals surface area (Å²) < 4.78 is 48.6. The first-order chi connectivity index (χ1) is 41.6. The van der Waals surface area contributed by atoms with E-state index in [0.717, 1.165) is 182 Å². The fourth-order valence-corrected chi connectivity index (χ4v) is 9.55. The molecule has 0 radical (unpaired) electrons. The quantitative estimate of drug-likeness (QED) is 0.0344. The molecule has 10 nitrogen and oxygen atoms in total. The van der Waals surface area contributed by atoms with E-state index in [1.54, 1.807) is 0 Å². The maximum absolute atomic E-state index is 9.03. The van der Waals surface area contributed by atoms with Gasteiger partial charge in [-0.1, -0.05) is 97.1 Å². The molecule has 10 heteroatoms. The maximum atomic E-state index is 9.03. The molecule has 84 heavy (non-hydrogen) atoms. The molecule has 0 heterocycles. The number of nitrogens with zero attached hydrogens (tertiary/aromatic N) is 2. The molecule has 0 atom stereocenters. The van der Waals surface area contributed by atoms with E-state index in [-0.39, 0.29) is 0 Å². The standard InChI is InChI=1S/C74H80N2O8/c75-57-59-25-29-61(30-26-59)63-33-41-67(42-34-63)77-49-13-1-5-17-53-81-71-21-9-11-23-73(71)83-55-19-7-3-15-51-79-69-45-37-65(38-46-69)66-39-47-70(48-40-66)80-52-16-4-8-20-56-84-74-24-12-10-22-72(74)82-54-18-6-2-14-50-78-68-43-35-64(36-44-68)62-31-27-60(58-76)28-32-62/h9-12,21-48H,1-8,13-20,49-56H2. The molecule has 0 aliphatic carbocycles. The molecular weight excluding hydrogens is 1040 g/mol. The van der Waals surface area contributed by atoms with Gasteiger partial charge in [-0.2, -0.15) is 10.5 Å². The number of hydrogen-bond acceptors (Lipinski definition) is 10. The lowest BCUT2D eigenvalue weighted by Crippen LogP contribution is -2.03. The predicted molar refractivity (Wildman–Crippen MR) is 336 cm³/mol. The second-order valence-electron chi connectivity index (χ2n) is 20.8. The minimum Gasteiger partial charge on any atom is -0.494 e. The van der Waals surface area contributed by atoms with Crippen LogP contribution >= 0.6 is 0 Å². The Balaban J connectivity index is 0.587. The van der Waals surface area contributed by atoms with Gasteiger partial charge < -0.3 is 37.9 Å². The van der Waals surface area contributed by atoms with E-state index in [9.17, 15) is 0 Å². The van der Waals surface area contributed by atoms with Crippen molar-refractivity contribution in [3.05, 3.63) is 205 Å². The van der Waals surface area contributed by atoms with Crippen LogP contribution in [0, 0.1) is 22.7 Å². The summed E-state index contributed by atoms with van der Waals surface area (Å²) in [6.07, 6.45) is 16.5. The molecule has 0 unspecified atom stereocenters. The smallest absolute Gasteiger partial charge is 0.161 e. The van der Waals surface area contributed by atoms with Gasteiger partial charge in [-0.25, -0.2) is 0 Å². The lowest BCUT2D eigenvalue weighted by molar-refractivity contribution is 0.254. The number of nitriles is 2. The molecule has 0 aliphatic rings. The molecule has 0 aromatic heterocycles. The highest BCUT2D eigenvalue weighted by atomic mass is 16.5. The van der Waals surface area contributed by atoms with Crippen molar-refractivity contribution in [3.63, 3.8) is 0 Å². The summed E-state index contributed by atoms with van der Waals surface area (Å²) in [5, 5.41) is 18.1. The van der Waals surface area contributed by atoms with Crippen molar-refractivity contribution in [2.45, 2.75) is 103 Å². The predicted octanol–water partition coefficient (Wildman–Crippen LogP) is 18.5. The third-order valence-electron chi connectivity index (χ3n) is 14.4. The molecular formula is C74H80N2O8. The van der Waals surface area contributed by atoms with Crippen LogP contribution in [0.2, 0.25) is 0 Å². The van der Waals surface area contributed by atoms with Gasteiger partial charge >= 0.3 is 0 Å². The molecule has 8 aromatic carbocycles. The second kappa shape index (κ2) is 35.9. The van der Waals surface area contributed by atoms with E-state index in [4.69, 9.17) is 48.4 Å². The van der Waals surface area contributed by atoms with Gasteiger partial charge in [-0.15, -0.1) is 0 Å². The zero-order valence-corrected chi connectivity index (χ0v) is 48.6. The fraction of sp³-hybridized carbons (Fsp3) is 0.324. The van der Waals surface area contributed by atoms with Crippen LogP contribution in [0.3, 0.4) is 0 Å². The molecule has 8 rings (SSSR count). The lowest BCUT2D eigenvalue weighted by atomic mass is 10.0. The fourth-order valence-electron chi connectivity index (χ4n) is 9.55. The van der Waals surface area contributed by atoms with E-state index in [1.165, 1.54) is 0 Å². The van der Waals surface area contributed by atoms with Crippen LogP contribution < -0.4 is 37.9 Å². The van der Waals surface area contributed by atoms with E-state index >= 15 is 0 Å². The van der Waals surface area contributed by atoms with Gasteiger partial charge in [0.15, 0.2) is 23.0 Å². The van der Waals surface area contributed by atoms with Crippen LogP contribution in [0.15, 0.2) is 194 Å². The average Bonchev–Trinajstić information content (AvgIpc) is 3.58. The molecule has 434 valence electrons. The van der Waals surface area contributed by atoms with E-state index in [2.05, 4.69) is 84.9 Å². The molecule has 8 aromatic rings. The Morgan fingerprint density at radius 2 is 0.381 bits per heavy atom. The number of hydrogen-bond donors (Lipinski definition) is 0. The van der Waals surface area contributed by atoms with Crippen molar-refractivity contribution in [2.75, 3.05) is 52.9 Å². The maximum Gasteiger partial charge on any atom is 0.161 e. The average molecular weight is 1130 g/mol. The van der Waals surface area contributed by atoms with Crippen molar-refractivity contribution in [2.24, 2.45) is 0 Å². The third-order valence-corrected chi connectivity index (χ3v) is 14.4. The molecule has 0 amide bonds. The van der Waals surface area contributed by atoms with Gasteiger partial charge in [0.05, 0.1) is 76.1 Å². The van der Waals surface area contributed by atoms with Crippen LogP contribution in [0.5, 0.6) is 46.0 Å². The summed E-state index contributed by atoms with van der Waals surface area (Å²) in [7, 11) is 0. The Hall–Kier alpha value is -8.86. The van der Waals surface area contributed by atoms with Crippen molar-refractivity contribution in [1.29, 1.82) is 10.5 Å². The van der Waals surface area contributed by atoms with Crippen LogP contribution in [-0.2, 0) is 0 Å². The molecule has 0 fully saturated rings. The van der Waals surface area contributed by atoms with Crippen molar-refractivity contribution < 1.29 is 37.9 Å². The molecule has 0 saturated heterocycles. The number of benzene rings is 8. The molecule has 0 aliphatic heterocycles. The highest BCUT2D eigenvalue weighted by Gasteiger charge is 2.09. The summed E-state index contributed by atoms with van der Waals surface area (Å²) in [5.74, 6) is 6.73. The highest BCUT2D eigenvalue weighted by molar-refractivity contribution is 5.67. The second-order valence-corrected chi connectivity index (χ2v) is 20.8. The topological polar surface area (TPSA) is 121 Å². The normalized spacial score (nSPS) is 10.8. The van der Waals surface area contributed by atoms with Gasteiger partial charge in [-0.3, -0.25) is 0 Å². The Morgan fingerprint density at radius 3 is 0.571 bits per heavy atom. The van der Waals surface area contributed by atoms with Gasteiger partial charge in [0, 0.05) is 0 Å². The highest BCUT2D eigenvalue weighted by Crippen LogP contribution is 2.30. The van der Waals surface area contributed by atoms with E-state index < -0.39 is 0 Å². The molecule has 0 bridgehead atoms. The third kappa shape index (κ3) is 21.5. The van der Waals surface area contributed by atoms with E-state index in [1.807, 2.05) is 121 Å². The minimum atomic E-state index is 0.656. The number of ether oxygens (including phenoxy) is 8. The van der Waals surface area contributed by atoms with Crippen LogP contribution in [0.1, 0.15) is 114 Å². The number of unbranched alkanes of at least 4 members (excludes halogenated alkanes) is 12. The number of para-hydroxylation sites is 4. The van der Waals surface area contributed by atoms with Crippen LogP contribution in [0.4, 0.5) is 0 Å². The zero-order valence-electron chi connectivity index (χ0n) is 48.6. The Morgan fingerprint density at radius 1 is 0.202 bits per heavy atom. The summed E-state index contributed by atoms with van der Waals surface area (Å²) in [4.78, 5) is 0. The first kappa shape index (κ1) is 61.2. The summed E-state index contributed by atoms with van der Waals surface area (Å²) in [5.41, 5.74) is 7.99. The first-order valence-electron chi connectivity index (χ1n) is 30.2. The van der Waals surface area contributed by atoms with Gasteiger partial charge in [0.1, 0.15) is 23.0 Å². The Bertz CT molecular complexity index is 2970. The van der Waals surface area contributed by atoms with E-state index in [0.29, 0.717) is 64.0 Å². The van der Waals surface area contributed by atoms with Gasteiger partial charge in [0.25, 0.3) is 0 Å². The Labute approximate surface area is 498 Å². The molecule has 0 N–H and O–H groups in total. The van der Waals surface area contributed by atoms with Crippen LogP contribution in [0.25, 0.3) is 33.4 Å². The van der Waals surface area contributed by atoms with Gasteiger partial charge in [0.2, 0.25) is 0 Å².